The van der Waals surface area contributed by atoms with Gasteiger partial charge >= 0.3 is 6.18 Å². The number of hydrogen-bond acceptors (Lipinski definition) is 3. The summed E-state index contributed by atoms with van der Waals surface area (Å²) in [6.07, 6.45) is -3.36. The normalized spacial score (nSPS) is 11.9. The van der Waals surface area contributed by atoms with Crippen LogP contribution in [-0.2, 0) is 17.3 Å². The number of fused-ring (bicyclic) bond motifs is 1. The lowest BCUT2D eigenvalue weighted by molar-refractivity contribution is -0.137. The van der Waals surface area contributed by atoms with Gasteiger partial charge in [-0.25, -0.2) is 4.98 Å². The maximum Gasteiger partial charge on any atom is 0.417 e. The number of carbonyl (C=O) groups is 1. The lowest BCUT2D eigenvalue weighted by Gasteiger charge is -2.10. The Kier molecular flexibility index (Phi) is 5.16. The number of rotatable bonds is 5. The van der Waals surface area contributed by atoms with Gasteiger partial charge in [0.1, 0.15) is 5.69 Å². The van der Waals surface area contributed by atoms with Crippen LogP contribution in [0.2, 0.25) is 5.02 Å². The Hall–Kier alpha value is -1.80. The predicted molar refractivity (Wildman–Crippen MR) is 78.8 cm³/mol. The Morgan fingerprint density at radius 1 is 1.48 bits per heavy atom. The summed E-state index contributed by atoms with van der Waals surface area (Å²) >= 11 is 5.91. The number of methoxy groups -OCH3 is 1. The standard InChI is InChI=1S/C14H15ClF3N3O2/c1-3-10-11(13(22)19-4-5-23-2)21-7-8(14(16,17)18)6-9(15)12(21)20-10/h6-7H,3-5H2,1-2H3,(H,19,22). The molecule has 0 radical (unpaired) electrons. The van der Waals surface area contributed by atoms with E-state index in [0.29, 0.717) is 18.7 Å². The van der Waals surface area contributed by atoms with Gasteiger partial charge < -0.3 is 10.1 Å². The first-order chi connectivity index (χ1) is 10.8. The van der Waals surface area contributed by atoms with Crippen LogP contribution in [0.25, 0.3) is 5.65 Å². The molecule has 0 bridgehead atoms. The molecule has 0 saturated heterocycles. The van der Waals surface area contributed by atoms with Gasteiger partial charge in [-0.15, -0.1) is 0 Å². The number of imidazole rings is 1. The summed E-state index contributed by atoms with van der Waals surface area (Å²) in [5.74, 6) is -0.526. The molecule has 2 rings (SSSR count). The lowest BCUT2D eigenvalue weighted by atomic mass is 10.2. The van der Waals surface area contributed by atoms with Gasteiger partial charge in [-0.3, -0.25) is 9.20 Å². The van der Waals surface area contributed by atoms with Crippen LogP contribution in [0.15, 0.2) is 12.3 Å². The molecule has 0 saturated carbocycles. The third-order valence-electron chi connectivity index (χ3n) is 3.22. The fourth-order valence-corrected chi connectivity index (χ4v) is 2.39. The Balaban J connectivity index is 2.57. The largest absolute Gasteiger partial charge is 0.417 e. The number of alkyl halides is 3. The summed E-state index contributed by atoms with van der Waals surface area (Å²) in [5.41, 5.74) is -0.401. The molecule has 0 aliphatic heterocycles. The molecule has 2 aromatic heterocycles. The predicted octanol–water partition coefficient (Wildman–Crippen LogP) is 2.95. The number of nitrogens with zero attached hydrogens (tertiary/aromatic N) is 2. The van der Waals surface area contributed by atoms with Gasteiger partial charge in [-0.05, 0) is 12.5 Å². The smallest absolute Gasteiger partial charge is 0.383 e. The van der Waals surface area contributed by atoms with Crippen LogP contribution in [0.1, 0.15) is 28.7 Å². The molecule has 23 heavy (non-hydrogen) atoms. The number of aryl methyl sites for hydroxylation is 1. The molecule has 0 aliphatic rings. The summed E-state index contributed by atoms with van der Waals surface area (Å²) in [6, 6.07) is 0.802. The van der Waals surface area contributed by atoms with E-state index in [0.717, 1.165) is 16.7 Å². The van der Waals surface area contributed by atoms with E-state index in [4.69, 9.17) is 16.3 Å². The quantitative estimate of drug-likeness (QED) is 0.844. The number of aromatic nitrogens is 2. The highest BCUT2D eigenvalue weighted by Crippen LogP contribution is 2.33. The van der Waals surface area contributed by atoms with Crippen molar-refractivity contribution in [2.24, 2.45) is 0 Å². The maximum atomic E-state index is 13.0. The molecule has 0 atom stereocenters. The van der Waals surface area contributed by atoms with Gasteiger partial charge in [0.2, 0.25) is 0 Å². The molecule has 1 N–H and O–H groups in total. The van der Waals surface area contributed by atoms with Crippen molar-refractivity contribution in [3.05, 3.63) is 34.2 Å². The van der Waals surface area contributed by atoms with Crippen molar-refractivity contribution in [2.75, 3.05) is 20.3 Å². The first kappa shape index (κ1) is 17.6. The number of halogens is 4. The van der Waals surface area contributed by atoms with E-state index < -0.39 is 17.6 Å². The van der Waals surface area contributed by atoms with Gasteiger partial charge in [0.25, 0.3) is 5.91 Å². The minimum absolute atomic E-state index is 0.0478. The minimum atomic E-state index is -4.57. The van der Waals surface area contributed by atoms with Gasteiger partial charge in [-0.1, -0.05) is 18.5 Å². The van der Waals surface area contributed by atoms with E-state index in [2.05, 4.69) is 10.3 Å². The van der Waals surface area contributed by atoms with Crippen LogP contribution in [0.3, 0.4) is 0 Å². The van der Waals surface area contributed by atoms with E-state index in [9.17, 15) is 18.0 Å². The zero-order chi connectivity index (χ0) is 17.2. The monoisotopic (exact) mass is 349 g/mol. The van der Waals surface area contributed by atoms with Crippen molar-refractivity contribution in [3.8, 4) is 0 Å². The molecule has 2 aromatic rings. The van der Waals surface area contributed by atoms with Gasteiger partial charge in [-0.2, -0.15) is 13.2 Å². The van der Waals surface area contributed by atoms with Crippen molar-refractivity contribution in [3.63, 3.8) is 0 Å². The number of hydrogen-bond donors (Lipinski definition) is 1. The molecule has 0 aromatic carbocycles. The van der Waals surface area contributed by atoms with E-state index in [-0.39, 0.29) is 22.9 Å². The second-order valence-electron chi connectivity index (χ2n) is 4.78. The minimum Gasteiger partial charge on any atom is -0.383 e. The van der Waals surface area contributed by atoms with Crippen LogP contribution < -0.4 is 5.32 Å². The Bertz CT molecular complexity index is 728. The molecule has 0 unspecified atom stereocenters. The zero-order valence-corrected chi connectivity index (χ0v) is 13.3. The maximum absolute atomic E-state index is 13.0. The van der Waals surface area contributed by atoms with Gasteiger partial charge in [0.05, 0.1) is 22.9 Å². The fraction of sp³-hybridized carbons (Fsp3) is 0.429. The Labute approximate surface area is 135 Å². The van der Waals surface area contributed by atoms with Crippen LogP contribution in [-0.4, -0.2) is 35.6 Å². The molecule has 0 fully saturated rings. The van der Waals surface area contributed by atoms with Crippen molar-refractivity contribution in [1.29, 1.82) is 0 Å². The first-order valence-electron chi connectivity index (χ1n) is 6.84. The van der Waals surface area contributed by atoms with E-state index in [1.165, 1.54) is 7.11 Å². The van der Waals surface area contributed by atoms with E-state index >= 15 is 0 Å². The average Bonchev–Trinajstić information content (AvgIpc) is 2.85. The summed E-state index contributed by atoms with van der Waals surface area (Å²) in [7, 11) is 1.48. The Morgan fingerprint density at radius 2 is 2.17 bits per heavy atom. The molecular weight excluding hydrogens is 335 g/mol. The van der Waals surface area contributed by atoms with Crippen LogP contribution in [0, 0.1) is 0 Å². The number of ether oxygens (including phenoxy) is 1. The summed E-state index contributed by atoms with van der Waals surface area (Å²) < 4.78 is 44.8. The summed E-state index contributed by atoms with van der Waals surface area (Å²) in [6.45, 7) is 2.28. The fourth-order valence-electron chi connectivity index (χ4n) is 2.14. The van der Waals surface area contributed by atoms with Gasteiger partial charge in [0.15, 0.2) is 5.65 Å². The zero-order valence-electron chi connectivity index (χ0n) is 12.5. The van der Waals surface area contributed by atoms with Crippen molar-refractivity contribution < 1.29 is 22.7 Å². The highest BCUT2D eigenvalue weighted by molar-refractivity contribution is 6.33. The Morgan fingerprint density at radius 3 is 2.74 bits per heavy atom. The second-order valence-corrected chi connectivity index (χ2v) is 5.18. The number of pyridine rings is 1. The number of amides is 1. The third kappa shape index (κ3) is 3.59. The van der Waals surface area contributed by atoms with Gasteiger partial charge in [0, 0.05) is 19.9 Å². The third-order valence-corrected chi connectivity index (χ3v) is 3.49. The molecule has 2 heterocycles. The molecule has 1 amide bonds. The van der Waals surface area contributed by atoms with Crippen molar-refractivity contribution in [2.45, 2.75) is 19.5 Å². The first-order valence-corrected chi connectivity index (χ1v) is 7.22. The van der Waals surface area contributed by atoms with Crippen molar-refractivity contribution in [1.82, 2.24) is 14.7 Å². The number of carbonyl (C=O) groups excluding carboxylic acids is 1. The van der Waals surface area contributed by atoms with E-state index in [1.807, 2.05) is 0 Å². The highest BCUT2D eigenvalue weighted by Gasteiger charge is 2.33. The van der Waals surface area contributed by atoms with Crippen molar-refractivity contribution >= 4 is 23.2 Å². The lowest BCUT2D eigenvalue weighted by Crippen LogP contribution is -2.29. The summed E-state index contributed by atoms with van der Waals surface area (Å²) in [5, 5.41) is 2.42. The number of nitrogens with one attached hydrogen (secondary N) is 1. The molecule has 5 nitrogen and oxygen atoms in total. The molecular formula is C14H15ClF3N3O2. The molecule has 126 valence electrons. The summed E-state index contributed by atoms with van der Waals surface area (Å²) in [4.78, 5) is 16.5. The SMILES string of the molecule is CCc1nc2c(Cl)cc(C(F)(F)F)cn2c1C(=O)NCCOC. The van der Waals surface area contributed by atoms with E-state index in [1.54, 1.807) is 6.92 Å². The molecule has 0 spiro atoms. The average molecular weight is 350 g/mol. The highest BCUT2D eigenvalue weighted by atomic mass is 35.5. The topological polar surface area (TPSA) is 55.6 Å². The second kappa shape index (κ2) is 6.76. The molecule has 9 heteroatoms. The van der Waals surface area contributed by atoms with Crippen LogP contribution in [0.4, 0.5) is 13.2 Å². The molecule has 0 aliphatic carbocycles. The van der Waals surface area contributed by atoms with Crippen LogP contribution in [0.5, 0.6) is 0 Å². The van der Waals surface area contributed by atoms with Crippen LogP contribution >= 0.6 is 11.6 Å².